The van der Waals surface area contributed by atoms with Crippen LogP contribution in [0.1, 0.15) is 48.3 Å². The minimum atomic E-state index is -0.0980. The van der Waals surface area contributed by atoms with Crippen molar-refractivity contribution in [2.75, 3.05) is 6.54 Å². The monoisotopic (exact) mass is 309 g/mol. The molecule has 0 saturated carbocycles. The Morgan fingerprint density at radius 3 is 2.83 bits per heavy atom. The predicted molar refractivity (Wildman–Crippen MR) is 91.8 cm³/mol. The number of rotatable bonds is 5. The van der Waals surface area contributed by atoms with Crippen LogP contribution >= 0.6 is 0 Å². The van der Waals surface area contributed by atoms with Gasteiger partial charge in [-0.05, 0) is 57.2 Å². The molecule has 1 aliphatic carbocycles. The summed E-state index contributed by atoms with van der Waals surface area (Å²) in [6, 6.07) is 11.7. The van der Waals surface area contributed by atoms with Crippen molar-refractivity contribution in [2.24, 2.45) is 0 Å². The zero-order valence-corrected chi connectivity index (χ0v) is 13.6. The van der Waals surface area contributed by atoms with E-state index in [1.807, 2.05) is 43.3 Å². The zero-order valence-electron chi connectivity index (χ0n) is 13.6. The zero-order chi connectivity index (χ0) is 16.1. The van der Waals surface area contributed by atoms with Crippen LogP contribution in [0.25, 0.3) is 5.69 Å². The summed E-state index contributed by atoms with van der Waals surface area (Å²) in [4.78, 5) is 12.3. The average molecular weight is 309 g/mol. The number of hydrogen-bond acceptors (Lipinski definition) is 2. The number of aromatic nitrogens is 2. The maximum atomic E-state index is 12.3. The van der Waals surface area contributed by atoms with Crippen LogP contribution in [0.4, 0.5) is 0 Å². The van der Waals surface area contributed by atoms with Gasteiger partial charge in [-0.15, -0.1) is 0 Å². The fourth-order valence-corrected chi connectivity index (χ4v) is 2.97. The summed E-state index contributed by atoms with van der Waals surface area (Å²) in [5, 5.41) is 7.42. The molecule has 23 heavy (non-hydrogen) atoms. The topological polar surface area (TPSA) is 46.9 Å². The third-order valence-corrected chi connectivity index (χ3v) is 4.24. The Labute approximate surface area is 137 Å². The number of benzene rings is 1. The van der Waals surface area contributed by atoms with E-state index in [0.717, 1.165) is 17.8 Å². The molecule has 120 valence electrons. The molecule has 0 fully saturated rings. The molecule has 0 spiro atoms. The lowest BCUT2D eigenvalue weighted by Gasteiger charge is -2.12. The highest BCUT2D eigenvalue weighted by atomic mass is 16.1. The first-order chi connectivity index (χ1) is 11.2. The third kappa shape index (κ3) is 3.89. The van der Waals surface area contributed by atoms with Gasteiger partial charge in [0.05, 0.1) is 5.69 Å². The Hall–Kier alpha value is -2.36. The Bertz CT molecular complexity index is 701. The first-order valence-electron chi connectivity index (χ1n) is 8.32. The Morgan fingerprint density at radius 2 is 2.09 bits per heavy atom. The highest BCUT2D eigenvalue weighted by molar-refractivity contribution is 5.92. The Balaban J connectivity index is 1.61. The van der Waals surface area contributed by atoms with Crippen LogP contribution in [-0.4, -0.2) is 22.2 Å². The number of nitrogens with one attached hydrogen (secondary N) is 1. The van der Waals surface area contributed by atoms with E-state index in [2.05, 4.69) is 16.5 Å². The second-order valence-corrected chi connectivity index (χ2v) is 6.03. The maximum Gasteiger partial charge on any atom is 0.271 e. The standard InChI is InChI=1S/C19H23N3O/c1-15-14-18(21-22(15)17-10-6-3-7-11-17)19(23)20-13-12-16-8-4-2-5-9-16/h3,6-8,10-11,14H,2,4-5,9,12-13H2,1H3,(H,20,23). The lowest BCUT2D eigenvalue weighted by molar-refractivity contribution is 0.0948. The summed E-state index contributed by atoms with van der Waals surface area (Å²) in [6.45, 7) is 2.64. The highest BCUT2D eigenvalue weighted by Crippen LogP contribution is 2.19. The van der Waals surface area contributed by atoms with Gasteiger partial charge in [0.15, 0.2) is 5.69 Å². The minimum absolute atomic E-state index is 0.0980. The molecule has 1 heterocycles. The van der Waals surface area contributed by atoms with E-state index in [1.165, 1.54) is 31.3 Å². The SMILES string of the molecule is Cc1cc(C(=O)NCCC2=CCCCC2)nn1-c1ccccc1. The van der Waals surface area contributed by atoms with Crippen LogP contribution in [0.2, 0.25) is 0 Å². The number of carbonyl (C=O) groups is 1. The molecule has 4 nitrogen and oxygen atoms in total. The second-order valence-electron chi connectivity index (χ2n) is 6.03. The molecule has 0 saturated heterocycles. The molecule has 3 rings (SSSR count). The van der Waals surface area contributed by atoms with Gasteiger partial charge in [0, 0.05) is 12.2 Å². The molecule has 1 aliphatic rings. The largest absolute Gasteiger partial charge is 0.350 e. The maximum absolute atomic E-state index is 12.3. The number of carbonyl (C=O) groups excluding carboxylic acids is 1. The van der Waals surface area contributed by atoms with Crippen molar-refractivity contribution in [3.05, 3.63) is 59.4 Å². The third-order valence-electron chi connectivity index (χ3n) is 4.24. The van der Waals surface area contributed by atoms with Crippen molar-refractivity contribution < 1.29 is 4.79 Å². The van der Waals surface area contributed by atoms with Crippen LogP contribution < -0.4 is 5.32 Å². The summed E-state index contributed by atoms with van der Waals surface area (Å²) in [5.74, 6) is -0.0980. The highest BCUT2D eigenvalue weighted by Gasteiger charge is 2.13. The molecule has 4 heteroatoms. The van der Waals surface area contributed by atoms with Gasteiger partial charge in [-0.3, -0.25) is 4.79 Å². The number of hydrogen-bond donors (Lipinski definition) is 1. The predicted octanol–water partition coefficient (Wildman–Crippen LogP) is 3.80. The number of nitrogens with zero attached hydrogens (tertiary/aromatic N) is 2. The first-order valence-corrected chi connectivity index (χ1v) is 8.32. The van der Waals surface area contributed by atoms with Crippen molar-refractivity contribution in [1.82, 2.24) is 15.1 Å². The van der Waals surface area contributed by atoms with Crippen LogP contribution in [0, 0.1) is 6.92 Å². The van der Waals surface area contributed by atoms with Gasteiger partial charge in [0.1, 0.15) is 0 Å². The molecule has 1 aromatic heterocycles. The van der Waals surface area contributed by atoms with Crippen LogP contribution in [-0.2, 0) is 0 Å². The smallest absolute Gasteiger partial charge is 0.271 e. The molecular weight excluding hydrogens is 286 g/mol. The van der Waals surface area contributed by atoms with Crippen molar-refractivity contribution in [2.45, 2.75) is 39.0 Å². The normalized spacial score (nSPS) is 14.4. The van der Waals surface area contributed by atoms with Crippen LogP contribution in [0.5, 0.6) is 0 Å². The van der Waals surface area contributed by atoms with Crippen LogP contribution in [0.3, 0.4) is 0 Å². The molecule has 2 aromatic rings. The average Bonchev–Trinajstić information content (AvgIpc) is 2.98. The summed E-state index contributed by atoms with van der Waals surface area (Å²) in [7, 11) is 0. The van der Waals surface area contributed by atoms with Crippen molar-refractivity contribution >= 4 is 5.91 Å². The second kappa shape index (κ2) is 7.27. The van der Waals surface area contributed by atoms with E-state index in [1.54, 1.807) is 4.68 Å². The van der Waals surface area contributed by atoms with Gasteiger partial charge in [0.25, 0.3) is 5.91 Å². The minimum Gasteiger partial charge on any atom is -0.350 e. The summed E-state index contributed by atoms with van der Waals surface area (Å²) in [6.07, 6.45) is 8.21. The van der Waals surface area contributed by atoms with Gasteiger partial charge in [-0.25, -0.2) is 4.68 Å². The molecule has 1 aromatic carbocycles. The number of aryl methyl sites for hydroxylation is 1. The van der Waals surface area contributed by atoms with E-state index in [0.29, 0.717) is 12.2 Å². The molecule has 0 unspecified atom stereocenters. The number of allylic oxidation sites excluding steroid dienone is 1. The van der Waals surface area contributed by atoms with Crippen LogP contribution in [0.15, 0.2) is 48.0 Å². The van der Waals surface area contributed by atoms with Gasteiger partial charge < -0.3 is 5.32 Å². The summed E-state index contributed by atoms with van der Waals surface area (Å²) < 4.78 is 1.80. The van der Waals surface area contributed by atoms with Crippen molar-refractivity contribution in [3.63, 3.8) is 0 Å². The quantitative estimate of drug-likeness (QED) is 0.854. The van der Waals surface area contributed by atoms with Crippen molar-refractivity contribution in [3.8, 4) is 5.69 Å². The lowest BCUT2D eigenvalue weighted by atomic mass is 9.97. The molecule has 0 bridgehead atoms. The molecule has 0 aliphatic heterocycles. The Kier molecular flexibility index (Phi) is 4.91. The summed E-state index contributed by atoms with van der Waals surface area (Å²) >= 11 is 0. The van der Waals surface area contributed by atoms with E-state index in [4.69, 9.17) is 0 Å². The first kappa shape index (κ1) is 15.5. The van der Waals surface area contributed by atoms with E-state index < -0.39 is 0 Å². The van der Waals surface area contributed by atoms with Gasteiger partial charge in [0.2, 0.25) is 0 Å². The van der Waals surface area contributed by atoms with E-state index >= 15 is 0 Å². The summed E-state index contributed by atoms with van der Waals surface area (Å²) in [5.41, 5.74) is 3.87. The fourth-order valence-electron chi connectivity index (χ4n) is 2.97. The number of para-hydroxylation sites is 1. The van der Waals surface area contributed by atoms with Gasteiger partial charge >= 0.3 is 0 Å². The lowest BCUT2D eigenvalue weighted by Crippen LogP contribution is -2.25. The molecule has 0 atom stereocenters. The molecular formula is C19H23N3O. The molecule has 1 amide bonds. The van der Waals surface area contributed by atoms with E-state index in [-0.39, 0.29) is 5.91 Å². The van der Waals surface area contributed by atoms with Gasteiger partial charge in [-0.2, -0.15) is 5.10 Å². The molecule has 0 radical (unpaired) electrons. The number of amides is 1. The fraction of sp³-hybridized carbons (Fsp3) is 0.368. The van der Waals surface area contributed by atoms with E-state index in [9.17, 15) is 4.79 Å². The van der Waals surface area contributed by atoms with Crippen molar-refractivity contribution in [1.29, 1.82) is 0 Å². The molecule has 1 N–H and O–H groups in total. The Morgan fingerprint density at radius 1 is 1.26 bits per heavy atom. The van der Waals surface area contributed by atoms with Gasteiger partial charge in [-0.1, -0.05) is 29.8 Å².